The number of fused-ring (bicyclic) bond motifs is 2. The van der Waals surface area contributed by atoms with E-state index in [4.69, 9.17) is 0 Å². The van der Waals surface area contributed by atoms with Crippen molar-refractivity contribution in [1.29, 1.82) is 0 Å². The Morgan fingerprint density at radius 2 is 2.00 bits per heavy atom. The van der Waals surface area contributed by atoms with Crippen LogP contribution in [-0.4, -0.2) is 20.7 Å². The van der Waals surface area contributed by atoms with E-state index in [1.807, 2.05) is 0 Å². The number of hydrogen-bond donors (Lipinski definition) is 1. The summed E-state index contributed by atoms with van der Waals surface area (Å²) in [7, 11) is -2.98. The molecule has 0 aromatic heterocycles. The van der Waals surface area contributed by atoms with E-state index in [1.165, 1.54) is 25.5 Å². The van der Waals surface area contributed by atoms with E-state index < -0.39 is 10.0 Å². The van der Waals surface area contributed by atoms with Crippen LogP contribution in [0.4, 0.5) is 0 Å². The molecule has 2 saturated carbocycles. The molecule has 0 heterocycles. The monoisotopic (exact) mass is 189 g/mol. The van der Waals surface area contributed by atoms with E-state index in [9.17, 15) is 8.42 Å². The van der Waals surface area contributed by atoms with Gasteiger partial charge in [-0.25, -0.2) is 13.1 Å². The molecule has 0 aliphatic heterocycles. The fraction of sp³-hybridized carbons (Fsp3) is 1.00. The smallest absolute Gasteiger partial charge is 0.208 e. The van der Waals surface area contributed by atoms with Gasteiger partial charge in [-0.1, -0.05) is 6.42 Å². The average molecular weight is 189 g/mol. The Hall–Kier alpha value is -0.0900. The minimum Gasteiger partial charge on any atom is -0.213 e. The van der Waals surface area contributed by atoms with E-state index >= 15 is 0 Å². The predicted molar refractivity (Wildman–Crippen MR) is 47.2 cm³/mol. The molecule has 3 atom stereocenters. The van der Waals surface area contributed by atoms with Crippen LogP contribution in [-0.2, 0) is 10.0 Å². The molecule has 0 aromatic rings. The summed E-state index contributed by atoms with van der Waals surface area (Å²) < 4.78 is 24.6. The number of rotatable bonds is 2. The van der Waals surface area contributed by atoms with Crippen LogP contribution in [0.25, 0.3) is 0 Å². The third-order valence-corrected chi connectivity index (χ3v) is 3.83. The summed E-state index contributed by atoms with van der Waals surface area (Å²) >= 11 is 0. The van der Waals surface area contributed by atoms with Crippen molar-refractivity contribution in [3.05, 3.63) is 0 Å². The first-order valence-electron chi connectivity index (χ1n) is 4.52. The largest absolute Gasteiger partial charge is 0.213 e. The molecule has 0 saturated heterocycles. The molecule has 2 aliphatic carbocycles. The highest BCUT2D eigenvalue weighted by Gasteiger charge is 2.40. The van der Waals surface area contributed by atoms with Gasteiger partial charge in [-0.2, -0.15) is 0 Å². The average Bonchev–Trinajstić information content (AvgIpc) is 2.42. The second-order valence-electron chi connectivity index (χ2n) is 4.17. The molecule has 0 amide bonds. The van der Waals surface area contributed by atoms with Gasteiger partial charge in [0.15, 0.2) is 0 Å². The highest BCUT2D eigenvalue weighted by atomic mass is 32.2. The number of sulfonamides is 1. The van der Waals surface area contributed by atoms with Crippen LogP contribution in [0.1, 0.15) is 25.7 Å². The van der Waals surface area contributed by atoms with E-state index in [0.717, 1.165) is 12.3 Å². The lowest BCUT2D eigenvalue weighted by Crippen LogP contribution is -2.37. The summed E-state index contributed by atoms with van der Waals surface area (Å²) in [6, 6.07) is 0.249. The lowest BCUT2D eigenvalue weighted by atomic mass is 9.96. The molecule has 2 fully saturated rings. The predicted octanol–water partition coefficient (Wildman–Crippen LogP) is 0.724. The Balaban J connectivity index is 2.00. The summed E-state index contributed by atoms with van der Waals surface area (Å²) in [6.45, 7) is 0. The van der Waals surface area contributed by atoms with Crippen molar-refractivity contribution < 1.29 is 8.42 Å². The Labute approximate surface area is 73.6 Å². The molecular weight excluding hydrogens is 174 g/mol. The normalized spacial score (nSPS) is 40.6. The fourth-order valence-electron chi connectivity index (χ4n) is 2.66. The molecule has 12 heavy (non-hydrogen) atoms. The maximum Gasteiger partial charge on any atom is 0.208 e. The number of hydrogen-bond acceptors (Lipinski definition) is 2. The zero-order chi connectivity index (χ0) is 8.77. The van der Waals surface area contributed by atoms with E-state index in [2.05, 4.69) is 4.72 Å². The van der Waals surface area contributed by atoms with Crippen molar-refractivity contribution in [2.24, 2.45) is 11.8 Å². The minimum absolute atomic E-state index is 0.249. The fourth-order valence-corrected chi connectivity index (χ4v) is 3.50. The lowest BCUT2D eigenvalue weighted by Gasteiger charge is -2.21. The maximum absolute atomic E-state index is 11.0. The van der Waals surface area contributed by atoms with Crippen molar-refractivity contribution in [3.8, 4) is 0 Å². The van der Waals surface area contributed by atoms with Gasteiger partial charge < -0.3 is 0 Å². The first-order valence-corrected chi connectivity index (χ1v) is 6.41. The van der Waals surface area contributed by atoms with Crippen LogP contribution in [0.3, 0.4) is 0 Å². The summed E-state index contributed by atoms with van der Waals surface area (Å²) in [4.78, 5) is 0. The molecule has 0 spiro atoms. The van der Waals surface area contributed by atoms with Gasteiger partial charge in [-0.05, 0) is 31.1 Å². The van der Waals surface area contributed by atoms with Gasteiger partial charge in [0.05, 0.1) is 6.26 Å². The number of nitrogens with one attached hydrogen (secondary N) is 1. The second-order valence-corrected chi connectivity index (χ2v) is 5.95. The molecule has 3 unspecified atom stereocenters. The summed E-state index contributed by atoms with van der Waals surface area (Å²) in [5, 5.41) is 0. The highest BCUT2D eigenvalue weighted by Crippen LogP contribution is 2.44. The highest BCUT2D eigenvalue weighted by molar-refractivity contribution is 7.88. The minimum atomic E-state index is -2.98. The van der Waals surface area contributed by atoms with Crippen LogP contribution < -0.4 is 4.72 Å². The van der Waals surface area contributed by atoms with Crippen molar-refractivity contribution in [3.63, 3.8) is 0 Å². The van der Waals surface area contributed by atoms with E-state index in [0.29, 0.717) is 5.92 Å². The summed E-state index contributed by atoms with van der Waals surface area (Å²) in [5.74, 6) is 1.43. The van der Waals surface area contributed by atoms with E-state index in [-0.39, 0.29) is 6.04 Å². The molecule has 2 rings (SSSR count). The van der Waals surface area contributed by atoms with Gasteiger partial charge >= 0.3 is 0 Å². The van der Waals surface area contributed by atoms with Crippen LogP contribution >= 0.6 is 0 Å². The van der Waals surface area contributed by atoms with Gasteiger partial charge in [0.25, 0.3) is 0 Å². The molecule has 0 radical (unpaired) electrons. The molecule has 2 bridgehead atoms. The van der Waals surface area contributed by atoms with Crippen LogP contribution in [0.5, 0.6) is 0 Å². The SMILES string of the molecule is CS(=O)(=O)NC1CC2CCC1C2. The van der Waals surface area contributed by atoms with Crippen molar-refractivity contribution in [1.82, 2.24) is 4.72 Å². The molecule has 3 nitrogen and oxygen atoms in total. The lowest BCUT2D eigenvalue weighted by molar-refractivity contribution is 0.391. The zero-order valence-electron chi connectivity index (χ0n) is 7.29. The van der Waals surface area contributed by atoms with Gasteiger partial charge in [0, 0.05) is 6.04 Å². The Morgan fingerprint density at radius 3 is 2.42 bits per heavy atom. The maximum atomic E-state index is 11.0. The molecule has 1 N–H and O–H groups in total. The van der Waals surface area contributed by atoms with Crippen LogP contribution in [0.15, 0.2) is 0 Å². The van der Waals surface area contributed by atoms with Gasteiger partial charge in [-0.3, -0.25) is 0 Å². The molecule has 2 aliphatic rings. The summed E-state index contributed by atoms with van der Waals surface area (Å²) in [5.41, 5.74) is 0. The molecule has 4 heteroatoms. The van der Waals surface area contributed by atoms with E-state index in [1.54, 1.807) is 0 Å². The third-order valence-electron chi connectivity index (χ3n) is 3.10. The molecule has 70 valence electrons. The third kappa shape index (κ3) is 1.64. The first kappa shape index (κ1) is 8.51. The second kappa shape index (κ2) is 2.70. The topological polar surface area (TPSA) is 46.2 Å². The van der Waals surface area contributed by atoms with Gasteiger partial charge in [-0.15, -0.1) is 0 Å². The molecule has 0 aromatic carbocycles. The van der Waals surface area contributed by atoms with Crippen LogP contribution in [0, 0.1) is 11.8 Å². The summed E-state index contributed by atoms with van der Waals surface area (Å²) in [6.07, 6.45) is 6.09. The Kier molecular flexibility index (Phi) is 1.92. The van der Waals surface area contributed by atoms with Crippen LogP contribution in [0.2, 0.25) is 0 Å². The standard InChI is InChI=1S/C8H15NO2S/c1-12(10,11)9-8-5-6-2-3-7(8)4-6/h6-9H,2-5H2,1H3. The van der Waals surface area contributed by atoms with Crippen molar-refractivity contribution in [2.75, 3.05) is 6.26 Å². The Morgan fingerprint density at radius 1 is 1.25 bits per heavy atom. The zero-order valence-corrected chi connectivity index (χ0v) is 8.10. The van der Waals surface area contributed by atoms with Gasteiger partial charge in [0.2, 0.25) is 10.0 Å². The quantitative estimate of drug-likeness (QED) is 0.696. The van der Waals surface area contributed by atoms with Gasteiger partial charge in [0.1, 0.15) is 0 Å². The Bertz CT molecular complexity index is 273. The first-order chi connectivity index (χ1) is 5.54. The van der Waals surface area contributed by atoms with Crippen molar-refractivity contribution >= 4 is 10.0 Å². The molecular formula is C8H15NO2S. The van der Waals surface area contributed by atoms with Crippen molar-refractivity contribution in [2.45, 2.75) is 31.7 Å².